The van der Waals surface area contributed by atoms with Crippen molar-refractivity contribution < 1.29 is 32.2 Å². The molecule has 4 atom stereocenters. The number of furan rings is 1. The minimum Gasteiger partial charge on any atom is -0.472 e. The van der Waals surface area contributed by atoms with Gasteiger partial charge in [-0.05, 0) is 18.2 Å². The van der Waals surface area contributed by atoms with Crippen LogP contribution >= 0.6 is 0 Å². The first-order valence-electron chi connectivity index (χ1n) is 9.70. The summed E-state index contributed by atoms with van der Waals surface area (Å²) in [4.78, 5) is 20.1. The second-order valence-electron chi connectivity index (χ2n) is 8.12. The van der Waals surface area contributed by atoms with Crippen molar-refractivity contribution in [3.63, 3.8) is 0 Å². The quantitative estimate of drug-likeness (QED) is 0.814. The number of halogens is 3. The molecule has 1 amide bonds. The van der Waals surface area contributed by atoms with Crippen LogP contribution in [0.3, 0.4) is 0 Å². The summed E-state index contributed by atoms with van der Waals surface area (Å²) in [6.45, 7) is 0.840. The van der Waals surface area contributed by atoms with Crippen LogP contribution in [-0.4, -0.2) is 65.4 Å². The second-order valence-corrected chi connectivity index (χ2v) is 8.12. The van der Waals surface area contributed by atoms with Crippen molar-refractivity contribution in [2.24, 2.45) is 11.8 Å². The highest BCUT2D eigenvalue weighted by atomic mass is 19.4. The number of aliphatic hydroxyl groups is 1. The average Bonchev–Trinajstić information content (AvgIpc) is 3.40. The van der Waals surface area contributed by atoms with Gasteiger partial charge >= 0.3 is 6.18 Å². The van der Waals surface area contributed by atoms with Gasteiger partial charge in [0.15, 0.2) is 0 Å². The van der Waals surface area contributed by atoms with Crippen LogP contribution in [0.15, 0.2) is 41.3 Å². The number of carbonyl (C=O) groups is 1. The molecule has 0 saturated carbocycles. The lowest BCUT2D eigenvalue weighted by Crippen LogP contribution is -2.55. The molecule has 3 aliphatic rings. The molecule has 1 N–H and O–H groups in total. The first kappa shape index (κ1) is 19.4. The predicted octanol–water partition coefficient (Wildman–Crippen LogP) is 2.03. The number of pyridine rings is 1. The molecular weight excluding hydrogens is 403 g/mol. The Hall–Kier alpha value is -2.59. The zero-order chi connectivity index (χ0) is 21.1. The number of fused-ring (bicyclic) bond motifs is 1. The van der Waals surface area contributed by atoms with Gasteiger partial charge in [-0.25, -0.2) is 4.98 Å². The smallest absolute Gasteiger partial charge is 0.419 e. The molecule has 0 aliphatic carbocycles. The molecule has 30 heavy (non-hydrogen) atoms. The number of hydrogen-bond acceptors (Lipinski definition) is 6. The molecule has 5 heterocycles. The lowest BCUT2D eigenvalue weighted by atomic mass is 9.83. The van der Waals surface area contributed by atoms with E-state index in [0.717, 1.165) is 6.07 Å². The van der Waals surface area contributed by atoms with Gasteiger partial charge in [0.05, 0.1) is 36.6 Å². The number of morpholine rings is 1. The number of hydrogen-bond donors (Lipinski definition) is 1. The lowest BCUT2D eigenvalue weighted by molar-refractivity contribution is -0.137. The molecule has 3 aliphatic heterocycles. The van der Waals surface area contributed by atoms with Gasteiger partial charge in [0.1, 0.15) is 17.7 Å². The Morgan fingerprint density at radius 3 is 2.83 bits per heavy atom. The molecule has 10 heteroatoms. The molecule has 2 bridgehead atoms. The van der Waals surface area contributed by atoms with Gasteiger partial charge in [-0.15, -0.1) is 0 Å². The second kappa shape index (κ2) is 6.71. The third-order valence-electron chi connectivity index (χ3n) is 6.45. The van der Waals surface area contributed by atoms with Crippen LogP contribution in [0.5, 0.6) is 0 Å². The number of rotatable bonds is 3. The summed E-state index contributed by atoms with van der Waals surface area (Å²) in [5.74, 6) is -0.849. The van der Waals surface area contributed by atoms with E-state index in [-0.39, 0.29) is 55.9 Å². The number of ether oxygens (including phenoxy) is 1. The molecule has 0 aromatic carbocycles. The third-order valence-corrected chi connectivity index (χ3v) is 6.45. The van der Waals surface area contributed by atoms with Gasteiger partial charge in [-0.3, -0.25) is 4.79 Å². The molecule has 5 rings (SSSR count). The van der Waals surface area contributed by atoms with Crippen LogP contribution in [0, 0.1) is 11.8 Å². The van der Waals surface area contributed by atoms with Gasteiger partial charge in [-0.1, -0.05) is 0 Å². The summed E-state index contributed by atoms with van der Waals surface area (Å²) in [5.41, 5.74) is -1.25. The normalized spacial score (nSPS) is 30.6. The Morgan fingerprint density at radius 2 is 2.13 bits per heavy atom. The highest BCUT2D eigenvalue weighted by Gasteiger charge is 2.63. The van der Waals surface area contributed by atoms with Gasteiger partial charge in [0.2, 0.25) is 0 Å². The standard InChI is InChI=1S/C20H20F3N3O4/c21-20(22,23)14-2-1-4-24-17(14)25-6-15-13(8-27)16-7-26(11-19(15,10-25)30-16)18(28)12-3-5-29-9-12/h1-5,9,13,15-16,27H,6-8,10-11H2/t13-,15+,16+,19-/m0/s1. The molecule has 160 valence electrons. The van der Waals surface area contributed by atoms with E-state index in [1.807, 2.05) is 0 Å². The Morgan fingerprint density at radius 1 is 1.30 bits per heavy atom. The van der Waals surface area contributed by atoms with E-state index < -0.39 is 17.3 Å². The number of carbonyl (C=O) groups excluding carboxylic acids is 1. The van der Waals surface area contributed by atoms with Crippen LogP contribution in [0.4, 0.5) is 19.0 Å². The van der Waals surface area contributed by atoms with Crippen LogP contribution in [0.2, 0.25) is 0 Å². The molecule has 0 unspecified atom stereocenters. The molecule has 2 aromatic heterocycles. The Labute approximate surface area is 170 Å². The number of likely N-dealkylation sites (tertiary alicyclic amines) is 1. The predicted molar refractivity (Wildman–Crippen MR) is 97.7 cm³/mol. The van der Waals surface area contributed by atoms with Crippen LogP contribution in [0.1, 0.15) is 15.9 Å². The summed E-state index contributed by atoms with van der Waals surface area (Å²) in [7, 11) is 0. The summed E-state index contributed by atoms with van der Waals surface area (Å²) >= 11 is 0. The summed E-state index contributed by atoms with van der Waals surface area (Å²) < 4.78 is 51.8. The van der Waals surface area contributed by atoms with Crippen LogP contribution in [0.25, 0.3) is 0 Å². The number of anilines is 1. The van der Waals surface area contributed by atoms with Crippen LogP contribution in [-0.2, 0) is 10.9 Å². The van der Waals surface area contributed by atoms with Gasteiger partial charge < -0.3 is 24.1 Å². The maximum absolute atomic E-state index is 13.5. The molecular formula is C20H20F3N3O4. The van der Waals surface area contributed by atoms with Crippen LogP contribution < -0.4 is 4.90 Å². The van der Waals surface area contributed by atoms with Crippen molar-refractivity contribution in [3.8, 4) is 0 Å². The summed E-state index contributed by atoms with van der Waals surface area (Å²) in [6, 6.07) is 3.84. The van der Waals surface area contributed by atoms with E-state index >= 15 is 0 Å². The fraction of sp³-hybridized carbons (Fsp3) is 0.500. The zero-order valence-electron chi connectivity index (χ0n) is 15.9. The Bertz CT molecular complexity index is 951. The Balaban J connectivity index is 1.47. The summed E-state index contributed by atoms with van der Waals surface area (Å²) in [5, 5.41) is 9.99. The Kier molecular flexibility index (Phi) is 4.33. The van der Waals surface area contributed by atoms with Crippen molar-refractivity contribution in [2.75, 3.05) is 37.7 Å². The SMILES string of the molecule is O=C(c1ccoc1)N1C[C@H]2O[C@]3(C1)CN(c1ncccc1C(F)(F)F)C[C@@H]3[C@@H]2CO. The van der Waals surface area contributed by atoms with Crippen molar-refractivity contribution in [1.29, 1.82) is 0 Å². The van der Waals surface area contributed by atoms with E-state index in [2.05, 4.69) is 4.98 Å². The van der Waals surface area contributed by atoms with Crippen molar-refractivity contribution >= 4 is 11.7 Å². The number of amides is 1. The number of nitrogens with zero attached hydrogens (tertiary/aromatic N) is 3. The number of aliphatic hydroxyl groups excluding tert-OH is 1. The first-order valence-corrected chi connectivity index (χ1v) is 9.70. The molecule has 0 radical (unpaired) electrons. The highest BCUT2D eigenvalue weighted by molar-refractivity contribution is 5.94. The number of aromatic nitrogens is 1. The first-order chi connectivity index (χ1) is 14.3. The molecule has 1 spiro atoms. The largest absolute Gasteiger partial charge is 0.472 e. The molecule has 3 fully saturated rings. The zero-order valence-corrected chi connectivity index (χ0v) is 15.9. The fourth-order valence-corrected chi connectivity index (χ4v) is 5.19. The van der Waals surface area contributed by atoms with Gasteiger partial charge in [-0.2, -0.15) is 13.2 Å². The lowest BCUT2D eigenvalue weighted by Gasteiger charge is -2.40. The van der Waals surface area contributed by atoms with Crippen molar-refractivity contribution in [3.05, 3.63) is 48.0 Å². The highest BCUT2D eigenvalue weighted by Crippen LogP contribution is 2.50. The third kappa shape index (κ3) is 2.89. The van der Waals surface area contributed by atoms with Crippen molar-refractivity contribution in [2.45, 2.75) is 17.9 Å². The fourth-order valence-electron chi connectivity index (χ4n) is 5.19. The van der Waals surface area contributed by atoms with Gasteiger partial charge in [0.25, 0.3) is 5.91 Å². The van der Waals surface area contributed by atoms with E-state index in [9.17, 15) is 23.1 Å². The molecule has 2 aromatic rings. The minimum atomic E-state index is -4.53. The maximum Gasteiger partial charge on any atom is 0.419 e. The minimum absolute atomic E-state index is 0.149. The number of alkyl halides is 3. The van der Waals surface area contributed by atoms with E-state index in [1.165, 1.54) is 24.8 Å². The van der Waals surface area contributed by atoms with Crippen molar-refractivity contribution in [1.82, 2.24) is 9.88 Å². The monoisotopic (exact) mass is 423 g/mol. The summed E-state index contributed by atoms with van der Waals surface area (Å²) in [6.07, 6.45) is -0.786. The van der Waals surface area contributed by atoms with E-state index in [4.69, 9.17) is 9.15 Å². The average molecular weight is 423 g/mol. The molecule has 3 saturated heterocycles. The topological polar surface area (TPSA) is 79.0 Å². The maximum atomic E-state index is 13.5. The van der Waals surface area contributed by atoms with Gasteiger partial charge in [0, 0.05) is 37.7 Å². The van der Waals surface area contributed by atoms with E-state index in [1.54, 1.807) is 15.9 Å². The molecule has 7 nitrogen and oxygen atoms in total. The van der Waals surface area contributed by atoms with E-state index in [0.29, 0.717) is 12.1 Å².